The Labute approximate surface area is 84.1 Å². The van der Waals surface area contributed by atoms with E-state index in [1.165, 1.54) is 6.26 Å². The summed E-state index contributed by atoms with van der Waals surface area (Å²) in [6.07, 6.45) is 4.11. The maximum absolute atomic E-state index is 10.9. The van der Waals surface area contributed by atoms with Crippen LogP contribution >= 0.6 is 0 Å². The lowest BCUT2D eigenvalue weighted by atomic mass is 10.1. The van der Waals surface area contributed by atoms with Crippen LogP contribution in [-0.2, 0) is 16.3 Å². The number of aryl methyl sites for hydroxylation is 1. The van der Waals surface area contributed by atoms with Gasteiger partial charge in [0.05, 0.1) is 5.75 Å². The Morgan fingerprint density at radius 2 is 2.21 bits per heavy atom. The number of rotatable bonds is 4. The van der Waals surface area contributed by atoms with Gasteiger partial charge in [-0.25, -0.2) is 13.4 Å². The molecule has 0 aliphatic carbocycles. The van der Waals surface area contributed by atoms with Gasteiger partial charge < -0.3 is 5.73 Å². The van der Waals surface area contributed by atoms with Crippen LogP contribution in [0.4, 0.5) is 5.82 Å². The number of hydrogen-bond donors (Lipinski definition) is 1. The second kappa shape index (κ2) is 4.41. The third-order valence-corrected chi connectivity index (χ3v) is 2.92. The van der Waals surface area contributed by atoms with Crippen LogP contribution in [-0.4, -0.2) is 25.4 Å². The van der Waals surface area contributed by atoms with Gasteiger partial charge in [0.2, 0.25) is 0 Å². The van der Waals surface area contributed by atoms with E-state index in [0.29, 0.717) is 18.7 Å². The predicted octanol–water partition coefficient (Wildman–Crippen LogP) is 0.641. The smallest absolute Gasteiger partial charge is 0.147 e. The average Bonchev–Trinajstić information content (AvgIpc) is 2.06. The molecule has 0 atom stereocenters. The summed E-state index contributed by atoms with van der Waals surface area (Å²) in [5, 5.41) is 0. The van der Waals surface area contributed by atoms with Crippen LogP contribution in [0.5, 0.6) is 0 Å². The topological polar surface area (TPSA) is 73.0 Å². The number of anilines is 1. The molecule has 0 amide bonds. The summed E-state index contributed by atoms with van der Waals surface area (Å²) in [5.41, 5.74) is 6.52. The van der Waals surface area contributed by atoms with Gasteiger partial charge in [-0.1, -0.05) is 6.07 Å². The van der Waals surface area contributed by atoms with Crippen LogP contribution in [0.2, 0.25) is 0 Å². The average molecular weight is 214 g/mol. The molecular formula is C9H14N2O2S. The Morgan fingerprint density at radius 1 is 1.50 bits per heavy atom. The van der Waals surface area contributed by atoms with E-state index in [1.54, 1.807) is 12.3 Å². The Hall–Kier alpha value is -1.10. The summed E-state index contributed by atoms with van der Waals surface area (Å²) in [6.45, 7) is 0. The molecule has 1 aromatic rings. The Bertz CT molecular complexity index is 401. The van der Waals surface area contributed by atoms with Crippen molar-refractivity contribution in [3.8, 4) is 0 Å². The molecule has 78 valence electrons. The summed E-state index contributed by atoms with van der Waals surface area (Å²) < 4.78 is 21.7. The molecule has 0 spiro atoms. The largest absolute Gasteiger partial charge is 0.383 e. The maximum Gasteiger partial charge on any atom is 0.147 e. The van der Waals surface area contributed by atoms with Gasteiger partial charge in [0.25, 0.3) is 0 Å². The molecule has 1 aromatic heterocycles. The normalized spacial score (nSPS) is 11.5. The van der Waals surface area contributed by atoms with Crippen LogP contribution in [0.3, 0.4) is 0 Å². The van der Waals surface area contributed by atoms with Crippen molar-refractivity contribution in [2.75, 3.05) is 17.7 Å². The molecule has 0 saturated heterocycles. The van der Waals surface area contributed by atoms with Gasteiger partial charge in [-0.3, -0.25) is 0 Å². The predicted molar refractivity (Wildman–Crippen MR) is 56.7 cm³/mol. The van der Waals surface area contributed by atoms with Crippen molar-refractivity contribution in [3.05, 3.63) is 23.9 Å². The van der Waals surface area contributed by atoms with Crippen LogP contribution in [0.25, 0.3) is 0 Å². The monoisotopic (exact) mass is 214 g/mol. The van der Waals surface area contributed by atoms with Gasteiger partial charge >= 0.3 is 0 Å². The molecule has 0 radical (unpaired) electrons. The number of hydrogen-bond acceptors (Lipinski definition) is 4. The Balaban J connectivity index is 2.51. The molecule has 0 aliphatic heterocycles. The van der Waals surface area contributed by atoms with Gasteiger partial charge in [0.15, 0.2) is 0 Å². The van der Waals surface area contributed by atoms with E-state index in [2.05, 4.69) is 4.98 Å². The zero-order valence-corrected chi connectivity index (χ0v) is 8.92. The molecule has 1 heterocycles. The summed E-state index contributed by atoms with van der Waals surface area (Å²) in [5.74, 6) is 0.683. The summed E-state index contributed by atoms with van der Waals surface area (Å²) >= 11 is 0. The molecular weight excluding hydrogens is 200 g/mol. The Morgan fingerprint density at radius 3 is 2.79 bits per heavy atom. The zero-order chi connectivity index (χ0) is 10.6. The lowest BCUT2D eigenvalue weighted by Gasteiger charge is -2.02. The molecule has 0 aromatic carbocycles. The first-order valence-electron chi connectivity index (χ1n) is 4.36. The summed E-state index contributed by atoms with van der Waals surface area (Å²) in [4.78, 5) is 3.92. The molecule has 0 aliphatic rings. The van der Waals surface area contributed by atoms with Gasteiger partial charge in [0, 0.05) is 12.5 Å². The molecule has 0 saturated carbocycles. The maximum atomic E-state index is 10.9. The van der Waals surface area contributed by atoms with Crippen molar-refractivity contribution in [2.45, 2.75) is 12.8 Å². The van der Waals surface area contributed by atoms with E-state index in [9.17, 15) is 8.42 Å². The molecule has 1 rings (SSSR count). The van der Waals surface area contributed by atoms with E-state index < -0.39 is 9.84 Å². The number of aromatic nitrogens is 1. The second-order valence-corrected chi connectivity index (χ2v) is 5.54. The number of nitrogens with two attached hydrogens (primary N) is 1. The van der Waals surface area contributed by atoms with Crippen LogP contribution in [0.15, 0.2) is 18.3 Å². The van der Waals surface area contributed by atoms with E-state index in [1.807, 2.05) is 6.07 Å². The molecule has 5 heteroatoms. The van der Waals surface area contributed by atoms with Crippen molar-refractivity contribution in [1.29, 1.82) is 0 Å². The highest BCUT2D eigenvalue weighted by molar-refractivity contribution is 7.90. The molecule has 0 unspecified atom stereocenters. The Kier molecular flexibility index (Phi) is 3.46. The van der Waals surface area contributed by atoms with E-state index in [0.717, 1.165) is 5.56 Å². The van der Waals surface area contributed by atoms with Gasteiger partial charge in [-0.2, -0.15) is 0 Å². The SMILES string of the molecule is CS(=O)(=O)CCCc1cccnc1N. The molecule has 0 bridgehead atoms. The highest BCUT2D eigenvalue weighted by atomic mass is 32.2. The van der Waals surface area contributed by atoms with Gasteiger partial charge in [-0.15, -0.1) is 0 Å². The van der Waals surface area contributed by atoms with Gasteiger partial charge in [0.1, 0.15) is 15.7 Å². The van der Waals surface area contributed by atoms with Crippen molar-refractivity contribution >= 4 is 15.7 Å². The highest BCUT2D eigenvalue weighted by Crippen LogP contribution is 2.09. The van der Waals surface area contributed by atoms with E-state index in [-0.39, 0.29) is 5.75 Å². The first kappa shape index (κ1) is 11.0. The van der Waals surface area contributed by atoms with E-state index >= 15 is 0 Å². The highest BCUT2D eigenvalue weighted by Gasteiger charge is 2.03. The zero-order valence-electron chi connectivity index (χ0n) is 8.10. The number of pyridine rings is 1. The van der Waals surface area contributed by atoms with Gasteiger partial charge in [-0.05, 0) is 24.5 Å². The van der Waals surface area contributed by atoms with Crippen molar-refractivity contribution in [3.63, 3.8) is 0 Å². The fourth-order valence-corrected chi connectivity index (χ4v) is 1.86. The van der Waals surface area contributed by atoms with Crippen LogP contribution in [0.1, 0.15) is 12.0 Å². The molecule has 14 heavy (non-hydrogen) atoms. The van der Waals surface area contributed by atoms with E-state index in [4.69, 9.17) is 5.73 Å². The molecule has 2 N–H and O–H groups in total. The molecule has 0 fully saturated rings. The summed E-state index contributed by atoms with van der Waals surface area (Å²) in [7, 11) is -2.87. The number of nitrogens with zero attached hydrogens (tertiary/aromatic N) is 1. The fourth-order valence-electron chi connectivity index (χ4n) is 1.19. The minimum absolute atomic E-state index is 0.196. The lowest BCUT2D eigenvalue weighted by molar-refractivity contribution is 0.599. The van der Waals surface area contributed by atoms with Crippen LogP contribution in [0, 0.1) is 0 Å². The minimum Gasteiger partial charge on any atom is -0.383 e. The number of sulfone groups is 1. The summed E-state index contributed by atoms with van der Waals surface area (Å²) in [6, 6.07) is 3.66. The lowest BCUT2D eigenvalue weighted by Crippen LogP contribution is -2.05. The third kappa shape index (κ3) is 3.74. The first-order chi connectivity index (χ1) is 6.49. The molecule has 4 nitrogen and oxygen atoms in total. The van der Waals surface area contributed by atoms with Crippen LogP contribution < -0.4 is 5.73 Å². The quantitative estimate of drug-likeness (QED) is 0.798. The fraction of sp³-hybridized carbons (Fsp3) is 0.444. The minimum atomic E-state index is -2.87. The number of nitrogen functional groups attached to an aromatic ring is 1. The standard InChI is InChI=1S/C9H14N2O2S/c1-14(12,13)7-3-5-8-4-2-6-11-9(8)10/h2,4,6H,3,5,7H2,1H3,(H2,10,11). The second-order valence-electron chi connectivity index (χ2n) is 3.28. The third-order valence-electron chi connectivity index (χ3n) is 1.89. The van der Waals surface area contributed by atoms with Crippen molar-refractivity contribution in [1.82, 2.24) is 4.98 Å². The van der Waals surface area contributed by atoms with Crippen molar-refractivity contribution in [2.24, 2.45) is 0 Å². The van der Waals surface area contributed by atoms with Crippen molar-refractivity contribution < 1.29 is 8.42 Å². The first-order valence-corrected chi connectivity index (χ1v) is 6.42.